The molecule has 82 valence electrons. The van der Waals surface area contributed by atoms with Crippen molar-refractivity contribution in [1.29, 1.82) is 0 Å². The van der Waals surface area contributed by atoms with Crippen LogP contribution >= 0.6 is 0 Å². The molecule has 0 aliphatic carbocycles. The van der Waals surface area contributed by atoms with Gasteiger partial charge in [0, 0.05) is 25.7 Å². The van der Waals surface area contributed by atoms with Gasteiger partial charge in [0.25, 0.3) is 0 Å². The van der Waals surface area contributed by atoms with Crippen LogP contribution in [0.5, 0.6) is 0 Å². The van der Waals surface area contributed by atoms with Crippen molar-refractivity contribution in [2.45, 2.75) is 18.6 Å². The second kappa shape index (κ2) is 4.55. The number of hydrogen-bond acceptors (Lipinski definition) is 3. The summed E-state index contributed by atoms with van der Waals surface area (Å²) < 4.78 is 19.0. The molecular formula is C10H19FN2O. The van der Waals surface area contributed by atoms with Gasteiger partial charge in [-0.05, 0) is 20.0 Å². The van der Waals surface area contributed by atoms with Crippen LogP contribution < -0.4 is 0 Å². The van der Waals surface area contributed by atoms with Crippen LogP contribution in [-0.2, 0) is 4.74 Å². The normalized spacial score (nSPS) is 37.3. The van der Waals surface area contributed by atoms with Gasteiger partial charge in [0.05, 0.1) is 13.2 Å². The van der Waals surface area contributed by atoms with Crippen LogP contribution in [0.3, 0.4) is 0 Å². The van der Waals surface area contributed by atoms with E-state index in [0.29, 0.717) is 6.54 Å². The number of halogens is 1. The second-order valence-electron chi connectivity index (χ2n) is 4.28. The van der Waals surface area contributed by atoms with Crippen LogP contribution in [-0.4, -0.2) is 68.5 Å². The molecule has 2 aliphatic heterocycles. The minimum Gasteiger partial charge on any atom is -0.379 e. The Kier molecular flexibility index (Phi) is 3.36. The summed E-state index contributed by atoms with van der Waals surface area (Å²) in [6, 6.07) is 0.134. The van der Waals surface area contributed by atoms with Crippen LogP contribution in [0, 0.1) is 0 Å². The monoisotopic (exact) mass is 202 g/mol. The van der Waals surface area contributed by atoms with E-state index in [-0.39, 0.29) is 6.04 Å². The Hall–Kier alpha value is -0.190. The Morgan fingerprint density at radius 3 is 2.57 bits per heavy atom. The minimum absolute atomic E-state index is 0.134. The zero-order valence-electron chi connectivity index (χ0n) is 8.79. The molecule has 0 aromatic heterocycles. The predicted octanol–water partition coefficient (Wildman–Crippen LogP) is 0.361. The molecule has 14 heavy (non-hydrogen) atoms. The molecule has 0 spiro atoms. The number of morpholine rings is 1. The quantitative estimate of drug-likeness (QED) is 0.610. The van der Waals surface area contributed by atoms with Crippen molar-refractivity contribution in [3.8, 4) is 0 Å². The SMILES string of the molecule is CN1CC[C@@H](N2CCOCC2)[C@@H](F)C1. The van der Waals surface area contributed by atoms with Crippen molar-refractivity contribution in [1.82, 2.24) is 9.80 Å². The van der Waals surface area contributed by atoms with Gasteiger partial charge >= 0.3 is 0 Å². The van der Waals surface area contributed by atoms with E-state index in [1.54, 1.807) is 0 Å². The van der Waals surface area contributed by atoms with Gasteiger partial charge in [-0.15, -0.1) is 0 Å². The Morgan fingerprint density at radius 1 is 1.21 bits per heavy atom. The first kappa shape index (κ1) is 10.3. The molecular weight excluding hydrogens is 183 g/mol. The molecule has 4 heteroatoms. The summed E-state index contributed by atoms with van der Waals surface area (Å²) >= 11 is 0. The van der Waals surface area contributed by atoms with Gasteiger partial charge in [-0.3, -0.25) is 4.90 Å². The van der Waals surface area contributed by atoms with E-state index in [1.165, 1.54) is 0 Å². The highest BCUT2D eigenvalue weighted by Gasteiger charge is 2.32. The summed E-state index contributed by atoms with van der Waals surface area (Å²) in [7, 11) is 1.99. The fourth-order valence-corrected chi connectivity index (χ4v) is 2.36. The Bertz CT molecular complexity index is 185. The summed E-state index contributed by atoms with van der Waals surface area (Å²) in [5.74, 6) is 0. The maximum Gasteiger partial charge on any atom is 0.128 e. The van der Waals surface area contributed by atoms with E-state index in [1.807, 2.05) is 7.05 Å². The van der Waals surface area contributed by atoms with Crippen molar-refractivity contribution in [2.24, 2.45) is 0 Å². The van der Waals surface area contributed by atoms with Gasteiger partial charge in [-0.2, -0.15) is 0 Å². The van der Waals surface area contributed by atoms with Crippen molar-refractivity contribution in [2.75, 3.05) is 46.4 Å². The van der Waals surface area contributed by atoms with Gasteiger partial charge in [0.2, 0.25) is 0 Å². The fourth-order valence-electron chi connectivity index (χ4n) is 2.36. The number of alkyl halides is 1. The van der Waals surface area contributed by atoms with Gasteiger partial charge in [0.1, 0.15) is 6.17 Å². The lowest BCUT2D eigenvalue weighted by Crippen LogP contribution is -2.54. The summed E-state index contributed by atoms with van der Waals surface area (Å²) in [5, 5.41) is 0. The van der Waals surface area contributed by atoms with Crippen LogP contribution in [0.1, 0.15) is 6.42 Å². The van der Waals surface area contributed by atoms with Crippen LogP contribution in [0.25, 0.3) is 0 Å². The number of nitrogens with zero attached hydrogens (tertiary/aromatic N) is 2. The number of piperidine rings is 1. The lowest BCUT2D eigenvalue weighted by atomic mass is 10.0. The van der Waals surface area contributed by atoms with Gasteiger partial charge in [0.15, 0.2) is 0 Å². The van der Waals surface area contributed by atoms with E-state index < -0.39 is 6.17 Å². The zero-order valence-corrected chi connectivity index (χ0v) is 8.79. The average molecular weight is 202 g/mol. The van der Waals surface area contributed by atoms with Crippen LogP contribution in [0.2, 0.25) is 0 Å². The fraction of sp³-hybridized carbons (Fsp3) is 1.00. The molecule has 3 nitrogen and oxygen atoms in total. The van der Waals surface area contributed by atoms with Crippen molar-refractivity contribution in [3.63, 3.8) is 0 Å². The molecule has 0 unspecified atom stereocenters. The maximum absolute atomic E-state index is 13.8. The number of ether oxygens (including phenoxy) is 1. The van der Waals surface area contributed by atoms with E-state index in [9.17, 15) is 4.39 Å². The first-order valence-corrected chi connectivity index (χ1v) is 5.42. The highest BCUT2D eigenvalue weighted by Crippen LogP contribution is 2.19. The Balaban J connectivity index is 1.89. The molecule has 0 saturated carbocycles. The number of rotatable bonds is 1. The molecule has 2 saturated heterocycles. The Morgan fingerprint density at radius 2 is 1.93 bits per heavy atom. The first-order valence-electron chi connectivity index (χ1n) is 5.42. The van der Waals surface area contributed by atoms with Gasteiger partial charge in [-0.25, -0.2) is 4.39 Å². The van der Waals surface area contributed by atoms with Gasteiger partial charge in [-0.1, -0.05) is 0 Å². The van der Waals surface area contributed by atoms with E-state index in [2.05, 4.69) is 9.80 Å². The molecule has 2 rings (SSSR count). The standard InChI is InChI=1S/C10H19FN2O/c1-12-3-2-10(9(11)8-12)13-4-6-14-7-5-13/h9-10H,2-8H2,1H3/t9-,10+/m0/s1. The molecule has 2 atom stereocenters. The third kappa shape index (κ3) is 2.24. The average Bonchev–Trinajstić information content (AvgIpc) is 2.19. The number of hydrogen-bond donors (Lipinski definition) is 0. The highest BCUT2D eigenvalue weighted by atomic mass is 19.1. The minimum atomic E-state index is -0.688. The molecule has 2 aliphatic rings. The second-order valence-corrected chi connectivity index (χ2v) is 4.28. The van der Waals surface area contributed by atoms with Gasteiger partial charge < -0.3 is 9.64 Å². The smallest absolute Gasteiger partial charge is 0.128 e. The lowest BCUT2D eigenvalue weighted by Gasteiger charge is -2.41. The molecule has 0 bridgehead atoms. The third-order valence-corrected chi connectivity index (χ3v) is 3.22. The molecule has 0 aromatic rings. The lowest BCUT2D eigenvalue weighted by molar-refractivity contribution is -0.0242. The highest BCUT2D eigenvalue weighted by molar-refractivity contribution is 4.87. The third-order valence-electron chi connectivity index (χ3n) is 3.22. The van der Waals surface area contributed by atoms with E-state index >= 15 is 0 Å². The number of likely N-dealkylation sites (tertiary alicyclic amines) is 1. The van der Waals surface area contributed by atoms with E-state index in [4.69, 9.17) is 4.74 Å². The van der Waals surface area contributed by atoms with Crippen molar-refractivity contribution in [3.05, 3.63) is 0 Å². The molecule has 0 amide bonds. The van der Waals surface area contributed by atoms with E-state index in [0.717, 1.165) is 39.3 Å². The molecule has 0 radical (unpaired) electrons. The first-order chi connectivity index (χ1) is 6.77. The Labute approximate surface area is 84.8 Å². The summed E-state index contributed by atoms with van der Waals surface area (Å²) in [6.07, 6.45) is 0.268. The zero-order chi connectivity index (χ0) is 9.97. The topological polar surface area (TPSA) is 15.7 Å². The summed E-state index contributed by atoms with van der Waals surface area (Å²) in [6.45, 7) is 4.92. The maximum atomic E-state index is 13.8. The van der Waals surface area contributed by atoms with Crippen LogP contribution in [0.4, 0.5) is 4.39 Å². The van der Waals surface area contributed by atoms with Crippen molar-refractivity contribution >= 4 is 0 Å². The predicted molar refractivity (Wildman–Crippen MR) is 53.2 cm³/mol. The van der Waals surface area contributed by atoms with Crippen molar-refractivity contribution < 1.29 is 9.13 Å². The summed E-state index contributed by atoms with van der Waals surface area (Å²) in [4.78, 5) is 4.32. The molecule has 0 aromatic carbocycles. The summed E-state index contributed by atoms with van der Waals surface area (Å²) in [5.41, 5.74) is 0. The largest absolute Gasteiger partial charge is 0.379 e. The molecule has 2 heterocycles. The molecule has 0 N–H and O–H groups in total. The molecule has 2 fully saturated rings. The van der Waals surface area contributed by atoms with Crippen LogP contribution in [0.15, 0.2) is 0 Å².